The van der Waals surface area contributed by atoms with Crippen molar-refractivity contribution >= 4 is 11.1 Å². The summed E-state index contributed by atoms with van der Waals surface area (Å²) >= 11 is 0. The van der Waals surface area contributed by atoms with E-state index >= 15 is 0 Å². The largest absolute Gasteiger partial charge is 0.441 e. The Kier molecular flexibility index (Phi) is 3.57. The summed E-state index contributed by atoms with van der Waals surface area (Å²) in [6, 6.07) is 8.29. The molecule has 1 heterocycles. The van der Waals surface area contributed by atoms with E-state index in [4.69, 9.17) is 4.42 Å². The molecular formula is C13H18N2O. The lowest BCUT2D eigenvalue weighted by atomic mass is 10.2. The minimum atomic E-state index is 0.410. The van der Waals surface area contributed by atoms with Gasteiger partial charge in [0.05, 0.1) is 0 Å². The third-order valence-electron chi connectivity index (χ3n) is 2.56. The van der Waals surface area contributed by atoms with Crippen LogP contribution in [-0.4, -0.2) is 17.6 Å². The van der Waals surface area contributed by atoms with Crippen LogP contribution >= 0.6 is 0 Å². The third-order valence-corrected chi connectivity index (χ3v) is 2.56. The van der Waals surface area contributed by atoms with E-state index in [1.807, 2.05) is 24.3 Å². The minimum absolute atomic E-state index is 0.410. The van der Waals surface area contributed by atoms with Crippen LogP contribution in [0.1, 0.15) is 26.2 Å². The first-order valence-electron chi connectivity index (χ1n) is 5.87. The summed E-state index contributed by atoms with van der Waals surface area (Å²) in [4.78, 5) is 4.45. The quantitative estimate of drug-likeness (QED) is 0.838. The number of fused-ring (bicyclic) bond motifs is 1. The van der Waals surface area contributed by atoms with E-state index in [9.17, 15) is 0 Å². The summed E-state index contributed by atoms with van der Waals surface area (Å²) in [5, 5.41) is 3.43. The molecule has 1 unspecified atom stereocenters. The summed E-state index contributed by atoms with van der Waals surface area (Å²) in [6.07, 6.45) is 1.99. The van der Waals surface area contributed by atoms with Crippen LogP contribution in [-0.2, 0) is 6.42 Å². The van der Waals surface area contributed by atoms with Crippen LogP contribution in [0.3, 0.4) is 0 Å². The van der Waals surface area contributed by atoms with Gasteiger partial charge in [0.15, 0.2) is 11.5 Å². The van der Waals surface area contributed by atoms with Crippen molar-refractivity contribution in [3.63, 3.8) is 0 Å². The van der Waals surface area contributed by atoms with E-state index < -0.39 is 0 Å². The highest BCUT2D eigenvalue weighted by atomic mass is 16.3. The minimum Gasteiger partial charge on any atom is -0.441 e. The molecule has 0 aliphatic heterocycles. The predicted octanol–water partition coefficient (Wildman–Crippen LogP) is 2.76. The van der Waals surface area contributed by atoms with Gasteiger partial charge in [0.1, 0.15) is 5.52 Å². The van der Waals surface area contributed by atoms with Crippen LogP contribution < -0.4 is 5.32 Å². The zero-order valence-electron chi connectivity index (χ0n) is 9.86. The molecule has 0 saturated carbocycles. The number of rotatable bonds is 5. The Labute approximate surface area is 95.9 Å². The highest BCUT2D eigenvalue weighted by Crippen LogP contribution is 2.15. The Morgan fingerprint density at radius 2 is 2.19 bits per heavy atom. The molecule has 1 aromatic carbocycles. The summed E-state index contributed by atoms with van der Waals surface area (Å²) < 4.78 is 5.67. The lowest BCUT2D eigenvalue weighted by Gasteiger charge is -2.09. The van der Waals surface area contributed by atoms with Gasteiger partial charge in [-0.15, -0.1) is 0 Å². The average molecular weight is 218 g/mol. The molecule has 0 aliphatic carbocycles. The fourth-order valence-corrected chi connectivity index (χ4v) is 1.73. The topological polar surface area (TPSA) is 38.1 Å². The van der Waals surface area contributed by atoms with E-state index in [1.165, 1.54) is 0 Å². The molecule has 1 aromatic heterocycles. The molecule has 2 rings (SSSR count). The Hall–Kier alpha value is -1.35. The maximum Gasteiger partial charge on any atom is 0.197 e. The van der Waals surface area contributed by atoms with E-state index in [0.29, 0.717) is 6.04 Å². The van der Waals surface area contributed by atoms with Crippen LogP contribution in [0.4, 0.5) is 0 Å². The molecular weight excluding hydrogens is 200 g/mol. The predicted molar refractivity (Wildman–Crippen MR) is 65.5 cm³/mol. The number of aromatic nitrogens is 1. The summed E-state index contributed by atoms with van der Waals surface area (Å²) in [6.45, 7) is 5.37. The second kappa shape index (κ2) is 5.12. The van der Waals surface area contributed by atoms with Gasteiger partial charge in [0, 0.05) is 12.5 Å². The molecule has 3 nitrogen and oxygen atoms in total. The molecule has 0 bridgehead atoms. The zero-order valence-corrected chi connectivity index (χ0v) is 9.86. The second-order valence-corrected chi connectivity index (χ2v) is 4.13. The molecule has 0 saturated heterocycles. The van der Waals surface area contributed by atoms with Crippen molar-refractivity contribution in [3.8, 4) is 0 Å². The Morgan fingerprint density at radius 3 is 2.94 bits per heavy atom. The van der Waals surface area contributed by atoms with Gasteiger partial charge < -0.3 is 9.73 Å². The molecule has 0 spiro atoms. The van der Waals surface area contributed by atoms with Crippen molar-refractivity contribution < 1.29 is 4.42 Å². The van der Waals surface area contributed by atoms with Gasteiger partial charge >= 0.3 is 0 Å². The second-order valence-electron chi connectivity index (χ2n) is 4.13. The maximum absolute atomic E-state index is 5.67. The lowest BCUT2D eigenvalue weighted by molar-refractivity contribution is 0.463. The summed E-state index contributed by atoms with van der Waals surface area (Å²) in [5.74, 6) is 0.817. The Balaban J connectivity index is 2.03. The maximum atomic E-state index is 5.67. The number of hydrogen-bond donors (Lipinski definition) is 1. The van der Waals surface area contributed by atoms with Crippen LogP contribution in [0.2, 0.25) is 0 Å². The van der Waals surface area contributed by atoms with Gasteiger partial charge in [0.25, 0.3) is 0 Å². The Morgan fingerprint density at radius 1 is 1.38 bits per heavy atom. The van der Waals surface area contributed by atoms with Crippen molar-refractivity contribution in [2.24, 2.45) is 0 Å². The molecule has 1 N–H and O–H groups in total. The van der Waals surface area contributed by atoms with Crippen LogP contribution in [0.5, 0.6) is 0 Å². The summed E-state index contributed by atoms with van der Waals surface area (Å²) in [5.41, 5.74) is 1.82. The lowest BCUT2D eigenvalue weighted by Crippen LogP contribution is -2.28. The molecule has 2 aromatic rings. The SMILES string of the molecule is CCCNC(C)Cc1nc2ccccc2o1. The van der Waals surface area contributed by atoms with Crippen molar-refractivity contribution in [1.29, 1.82) is 0 Å². The number of nitrogens with zero attached hydrogens (tertiary/aromatic N) is 1. The average Bonchev–Trinajstić information content (AvgIpc) is 2.68. The number of para-hydroxylation sites is 2. The smallest absolute Gasteiger partial charge is 0.197 e. The molecule has 86 valence electrons. The van der Waals surface area contributed by atoms with Gasteiger partial charge in [-0.1, -0.05) is 19.1 Å². The normalized spacial score (nSPS) is 13.1. The standard InChI is InChI=1S/C13H18N2O/c1-3-8-14-10(2)9-13-15-11-6-4-5-7-12(11)16-13/h4-7,10,14H,3,8-9H2,1-2H3. The van der Waals surface area contributed by atoms with Crippen molar-refractivity contribution in [1.82, 2.24) is 10.3 Å². The van der Waals surface area contributed by atoms with Crippen LogP contribution in [0, 0.1) is 0 Å². The van der Waals surface area contributed by atoms with Crippen LogP contribution in [0.15, 0.2) is 28.7 Å². The molecule has 0 amide bonds. The van der Waals surface area contributed by atoms with Crippen LogP contribution in [0.25, 0.3) is 11.1 Å². The molecule has 1 atom stereocenters. The molecule has 16 heavy (non-hydrogen) atoms. The first kappa shape index (κ1) is 11.1. The number of hydrogen-bond acceptors (Lipinski definition) is 3. The summed E-state index contributed by atoms with van der Waals surface area (Å²) in [7, 11) is 0. The van der Waals surface area contributed by atoms with E-state index in [0.717, 1.165) is 36.4 Å². The van der Waals surface area contributed by atoms with Crippen molar-refractivity contribution in [2.45, 2.75) is 32.7 Å². The third kappa shape index (κ3) is 2.61. The number of nitrogens with one attached hydrogen (secondary N) is 1. The first-order chi connectivity index (χ1) is 7.79. The van der Waals surface area contributed by atoms with Gasteiger partial charge in [0.2, 0.25) is 0 Å². The van der Waals surface area contributed by atoms with Gasteiger partial charge in [-0.05, 0) is 32.0 Å². The molecule has 0 aliphatic rings. The number of oxazole rings is 1. The van der Waals surface area contributed by atoms with E-state index in [-0.39, 0.29) is 0 Å². The van der Waals surface area contributed by atoms with E-state index in [2.05, 4.69) is 24.1 Å². The van der Waals surface area contributed by atoms with Crippen molar-refractivity contribution in [2.75, 3.05) is 6.54 Å². The van der Waals surface area contributed by atoms with Gasteiger partial charge in [-0.25, -0.2) is 4.98 Å². The fraction of sp³-hybridized carbons (Fsp3) is 0.462. The fourth-order valence-electron chi connectivity index (χ4n) is 1.73. The first-order valence-corrected chi connectivity index (χ1v) is 5.87. The monoisotopic (exact) mass is 218 g/mol. The zero-order chi connectivity index (χ0) is 11.4. The molecule has 0 radical (unpaired) electrons. The van der Waals surface area contributed by atoms with Gasteiger partial charge in [-0.3, -0.25) is 0 Å². The molecule has 0 fully saturated rings. The van der Waals surface area contributed by atoms with Crippen molar-refractivity contribution in [3.05, 3.63) is 30.2 Å². The van der Waals surface area contributed by atoms with Gasteiger partial charge in [-0.2, -0.15) is 0 Å². The highest BCUT2D eigenvalue weighted by Gasteiger charge is 2.08. The Bertz CT molecular complexity index is 417. The highest BCUT2D eigenvalue weighted by molar-refractivity contribution is 5.72. The number of benzene rings is 1. The van der Waals surface area contributed by atoms with E-state index in [1.54, 1.807) is 0 Å². The molecule has 3 heteroatoms.